The SMILES string of the molecule is Cc1nc(Cl)nc(OC2CCCC(C)C2)c1N. The number of anilines is 1. The van der Waals surface area contributed by atoms with Crippen LogP contribution in [0.15, 0.2) is 0 Å². The maximum atomic E-state index is 5.89. The summed E-state index contributed by atoms with van der Waals surface area (Å²) in [6.07, 6.45) is 4.79. The van der Waals surface area contributed by atoms with Crippen molar-refractivity contribution in [2.45, 2.75) is 45.6 Å². The Morgan fingerprint density at radius 2 is 2.12 bits per heavy atom. The van der Waals surface area contributed by atoms with Gasteiger partial charge in [0.25, 0.3) is 0 Å². The van der Waals surface area contributed by atoms with E-state index in [-0.39, 0.29) is 11.4 Å². The second-order valence-electron chi connectivity index (χ2n) is 4.81. The van der Waals surface area contributed by atoms with E-state index in [0.717, 1.165) is 12.8 Å². The molecule has 1 aromatic heterocycles. The number of halogens is 1. The van der Waals surface area contributed by atoms with Gasteiger partial charge in [-0.3, -0.25) is 0 Å². The number of nitrogen functional groups attached to an aromatic ring is 1. The Balaban J connectivity index is 2.12. The van der Waals surface area contributed by atoms with Crippen LogP contribution in [-0.4, -0.2) is 16.1 Å². The first-order valence-corrected chi connectivity index (χ1v) is 6.40. The van der Waals surface area contributed by atoms with Gasteiger partial charge in [0, 0.05) is 0 Å². The summed E-state index contributed by atoms with van der Waals surface area (Å²) in [7, 11) is 0. The highest BCUT2D eigenvalue weighted by molar-refractivity contribution is 6.28. The highest BCUT2D eigenvalue weighted by atomic mass is 35.5. The van der Waals surface area contributed by atoms with Crippen molar-refractivity contribution in [1.29, 1.82) is 0 Å². The predicted molar refractivity (Wildman–Crippen MR) is 68.2 cm³/mol. The van der Waals surface area contributed by atoms with Crippen LogP contribution in [0.25, 0.3) is 0 Å². The number of rotatable bonds is 2. The topological polar surface area (TPSA) is 61.0 Å². The number of nitrogens with zero attached hydrogens (tertiary/aromatic N) is 2. The fraction of sp³-hybridized carbons (Fsp3) is 0.667. The zero-order chi connectivity index (χ0) is 12.4. The van der Waals surface area contributed by atoms with Gasteiger partial charge in [0.1, 0.15) is 11.8 Å². The van der Waals surface area contributed by atoms with Crippen LogP contribution < -0.4 is 10.5 Å². The third kappa shape index (κ3) is 3.00. The Hall–Kier alpha value is -1.03. The van der Waals surface area contributed by atoms with Gasteiger partial charge in [-0.15, -0.1) is 0 Å². The molecule has 1 aliphatic carbocycles. The van der Waals surface area contributed by atoms with Gasteiger partial charge < -0.3 is 10.5 Å². The van der Waals surface area contributed by atoms with Crippen molar-refractivity contribution >= 4 is 17.3 Å². The van der Waals surface area contributed by atoms with E-state index >= 15 is 0 Å². The summed E-state index contributed by atoms with van der Waals surface area (Å²) in [4.78, 5) is 8.05. The normalized spacial score (nSPS) is 24.6. The summed E-state index contributed by atoms with van der Waals surface area (Å²) in [6.45, 7) is 4.05. The monoisotopic (exact) mass is 255 g/mol. The molecule has 0 aliphatic heterocycles. The van der Waals surface area contributed by atoms with Gasteiger partial charge in [0.15, 0.2) is 0 Å². The number of ether oxygens (including phenoxy) is 1. The van der Waals surface area contributed by atoms with Crippen LogP contribution in [0.1, 0.15) is 38.3 Å². The van der Waals surface area contributed by atoms with Gasteiger partial charge in [0.2, 0.25) is 11.2 Å². The zero-order valence-electron chi connectivity index (χ0n) is 10.2. The molecule has 0 spiro atoms. The van der Waals surface area contributed by atoms with Crippen molar-refractivity contribution in [1.82, 2.24) is 9.97 Å². The highest BCUT2D eigenvalue weighted by Crippen LogP contribution is 2.30. The number of nitrogens with two attached hydrogens (primary N) is 1. The molecule has 0 saturated heterocycles. The third-order valence-corrected chi connectivity index (χ3v) is 3.41. The molecule has 0 aromatic carbocycles. The summed E-state index contributed by atoms with van der Waals surface area (Å²) in [5, 5.41) is 0.190. The molecule has 4 nitrogen and oxygen atoms in total. The van der Waals surface area contributed by atoms with Crippen molar-refractivity contribution in [3.8, 4) is 5.88 Å². The highest BCUT2D eigenvalue weighted by Gasteiger charge is 2.22. The summed E-state index contributed by atoms with van der Waals surface area (Å²) in [5.74, 6) is 1.13. The second kappa shape index (κ2) is 5.08. The summed E-state index contributed by atoms with van der Waals surface area (Å²) >= 11 is 5.81. The second-order valence-corrected chi connectivity index (χ2v) is 5.15. The molecular weight excluding hydrogens is 238 g/mol. The molecule has 0 amide bonds. The lowest BCUT2D eigenvalue weighted by atomic mass is 9.89. The van der Waals surface area contributed by atoms with Crippen molar-refractivity contribution in [2.75, 3.05) is 5.73 Å². The Morgan fingerprint density at radius 3 is 2.82 bits per heavy atom. The summed E-state index contributed by atoms with van der Waals surface area (Å²) in [6, 6.07) is 0. The molecule has 1 fully saturated rings. The van der Waals surface area contributed by atoms with Gasteiger partial charge in [-0.25, -0.2) is 4.98 Å². The standard InChI is InChI=1S/C12H18ClN3O/c1-7-4-3-5-9(6-7)17-11-10(14)8(2)15-12(13)16-11/h7,9H,3-6,14H2,1-2H3. The van der Waals surface area contributed by atoms with E-state index in [2.05, 4.69) is 16.9 Å². The van der Waals surface area contributed by atoms with Crippen LogP contribution in [0.5, 0.6) is 5.88 Å². The lowest BCUT2D eigenvalue weighted by Crippen LogP contribution is -2.25. The average Bonchev–Trinajstić information content (AvgIpc) is 2.25. The smallest absolute Gasteiger partial charge is 0.242 e. The van der Waals surface area contributed by atoms with E-state index in [4.69, 9.17) is 22.1 Å². The van der Waals surface area contributed by atoms with Crippen LogP contribution in [0.3, 0.4) is 0 Å². The van der Waals surface area contributed by atoms with Crippen LogP contribution in [0, 0.1) is 12.8 Å². The third-order valence-electron chi connectivity index (χ3n) is 3.24. The molecule has 1 heterocycles. The maximum absolute atomic E-state index is 5.89. The first kappa shape index (κ1) is 12.4. The largest absolute Gasteiger partial charge is 0.473 e. The lowest BCUT2D eigenvalue weighted by Gasteiger charge is -2.27. The minimum Gasteiger partial charge on any atom is -0.473 e. The molecule has 2 atom stereocenters. The van der Waals surface area contributed by atoms with Gasteiger partial charge in [-0.05, 0) is 43.7 Å². The summed E-state index contributed by atoms with van der Waals surface area (Å²) < 4.78 is 5.86. The van der Waals surface area contributed by atoms with E-state index in [0.29, 0.717) is 23.2 Å². The Kier molecular flexibility index (Phi) is 3.72. The Labute approximate surface area is 107 Å². The van der Waals surface area contributed by atoms with Crippen molar-refractivity contribution in [3.63, 3.8) is 0 Å². The van der Waals surface area contributed by atoms with E-state index in [1.165, 1.54) is 12.8 Å². The molecule has 2 unspecified atom stereocenters. The number of hydrogen-bond acceptors (Lipinski definition) is 4. The number of aryl methyl sites for hydroxylation is 1. The molecule has 5 heteroatoms. The Bertz CT molecular complexity index is 411. The van der Waals surface area contributed by atoms with Gasteiger partial charge in [0.05, 0.1) is 5.69 Å². The van der Waals surface area contributed by atoms with E-state index in [1.807, 2.05) is 0 Å². The first-order chi connectivity index (χ1) is 8.06. The van der Waals surface area contributed by atoms with Crippen molar-refractivity contribution in [3.05, 3.63) is 11.0 Å². The number of aromatic nitrogens is 2. The average molecular weight is 256 g/mol. The van der Waals surface area contributed by atoms with Gasteiger partial charge in [-0.1, -0.05) is 13.3 Å². The Morgan fingerprint density at radius 1 is 1.35 bits per heavy atom. The van der Waals surface area contributed by atoms with Crippen LogP contribution in [0.2, 0.25) is 5.28 Å². The minimum atomic E-state index is 0.190. The van der Waals surface area contributed by atoms with E-state index in [9.17, 15) is 0 Å². The van der Waals surface area contributed by atoms with E-state index < -0.39 is 0 Å². The van der Waals surface area contributed by atoms with Crippen LogP contribution in [-0.2, 0) is 0 Å². The maximum Gasteiger partial charge on any atom is 0.242 e. The van der Waals surface area contributed by atoms with E-state index in [1.54, 1.807) is 6.92 Å². The molecule has 1 aromatic rings. The molecule has 1 aliphatic rings. The van der Waals surface area contributed by atoms with Crippen molar-refractivity contribution in [2.24, 2.45) is 5.92 Å². The lowest BCUT2D eigenvalue weighted by molar-refractivity contribution is 0.124. The molecule has 0 bridgehead atoms. The van der Waals surface area contributed by atoms with Gasteiger partial charge in [-0.2, -0.15) is 4.98 Å². The molecular formula is C12H18ClN3O. The number of hydrogen-bond donors (Lipinski definition) is 1. The van der Waals surface area contributed by atoms with Crippen LogP contribution >= 0.6 is 11.6 Å². The molecule has 0 radical (unpaired) electrons. The minimum absolute atomic E-state index is 0.190. The zero-order valence-corrected chi connectivity index (χ0v) is 11.0. The summed E-state index contributed by atoms with van der Waals surface area (Å²) in [5.41, 5.74) is 7.06. The quantitative estimate of drug-likeness (QED) is 0.826. The molecule has 2 N–H and O–H groups in total. The fourth-order valence-electron chi connectivity index (χ4n) is 2.26. The van der Waals surface area contributed by atoms with Crippen molar-refractivity contribution < 1.29 is 4.74 Å². The molecule has 1 saturated carbocycles. The fourth-order valence-corrected chi connectivity index (χ4v) is 2.46. The molecule has 94 valence electrons. The molecule has 2 rings (SSSR count). The first-order valence-electron chi connectivity index (χ1n) is 6.02. The van der Waals surface area contributed by atoms with Crippen LogP contribution in [0.4, 0.5) is 5.69 Å². The molecule has 17 heavy (non-hydrogen) atoms. The van der Waals surface area contributed by atoms with Gasteiger partial charge >= 0.3 is 0 Å². The predicted octanol–water partition coefficient (Wildman–Crippen LogP) is 2.98.